The number of likely N-dealkylation sites (N-methyl/N-ethyl adjacent to an activating group) is 1. The molecule has 0 fully saturated rings. The number of nitrogens with one attached hydrogen (secondary N) is 1. The fourth-order valence-electron chi connectivity index (χ4n) is 3.44. The Morgan fingerprint density at radius 3 is 2.93 bits per heavy atom. The minimum atomic E-state index is 0.139. The van der Waals surface area contributed by atoms with Crippen LogP contribution in [0.25, 0.3) is 0 Å². The van der Waals surface area contributed by atoms with E-state index in [0.29, 0.717) is 13.1 Å². The van der Waals surface area contributed by atoms with Crippen LogP contribution in [0.15, 0.2) is 65.1 Å². The van der Waals surface area contributed by atoms with Gasteiger partial charge in [-0.3, -0.25) is 9.78 Å². The molecule has 7 heteroatoms. The molecule has 0 bridgehead atoms. The van der Waals surface area contributed by atoms with Crippen LogP contribution >= 0.6 is 11.6 Å². The maximum absolute atomic E-state index is 12.5. The Morgan fingerprint density at radius 1 is 1.31 bits per heavy atom. The number of amides is 1. The number of halogens is 1. The van der Waals surface area contributed by atoms with E-state index in [1.54, 1.807) is 18.6 Å². The molecule has 0 unspecified atom stereocenters. The van der Waals surface area contributed by atoms with Crippen molar-refractivity contribution in [1.29, 1.82) is 0 Å². The van der Waals surface area contributed by atoms with Crippen LogP contribution in [0.1, 0.15) is 19.8 Å². The Morgan fingerprint density at radius 2 is 2.21 bits per heavy atom. The first-order valence-electron chi connectivity index (χ1n) is 10.1. The Bertz CT molecular complexity index is 816. The highest BCUT2D eigenvalue weighted by Crippen LogP contribution is 2.25. The zero-order valence-electron chi connectivity index (χ0n) is 16.9. The molecule has 1 aliphatic carbocycles. The molecule has 1 amide bonds. The fourth-order valence-corrected chi connectivity index (χ4v) is 3.59. The van der Waals surface area contributed by atoms with E-state index in [2.05, 4.69) is 45.3 Å². The van der Waals surface area contributed by atoms with Gasteiger partial charge in [-0.25, -0.2) is 4.98 Å². The van der Waals surface area contributed by atoms with E-state index in [-0.39, 0.29) is 5.91 Å². The van der Waals surface area contributed by atoms with Crippen molar-refractivity contribution >= 4 is 23.3 Å². The molecule has 1 aromatic rings. The monoisotopic (exact) mass is 413 g/mol. The topological polar surface area (TPSA) is 61.4 Å². The molecule has 3 rings (SSSR count). The van der Waals surface area contributed by atoms with Gasteiger partial charge in [0.25, 0.3) is 0 Å². The molecule has 0 aromatic carbocycles. The number of carbonyl (C=O) groups is 1. The van der Waals surface area contributed by atoms with Gasteiger partial charge in [0.15, 0.2) is 0 Å². The molecule has 0 saturated carbocycles. The van der Waals surface area contributed by atoms with Gasteiger partial charge in [-0.1, -0.05) is 29.8 Å². The van der Waals surface area contributed by atoms with Gasteiger partial charge < -0.3 is 15.1 Å². The van der Waals surface area contributed by atoms with Crippen molar-refractivity contribution in [3.05, 3.63) is 65.1 Å². The number of hydrogen-bond acceptors (Lipinski definition) is 5. The number of aromatic nitrogens is 2. The van der Waals surface area contributed by atoms with Crippen molar-refractivity contribution in [2.24, 2.45) is 0 Å². The van der Waals surface area contributed by atoms with Crippen molar-refractivity contribution in [3.63, 3.8) is 0 Å². The molecule has 0 radical (unpaired) electrons. The highest BCUT2D eigenvalue weighted by molar-refractivity contribution is 6.31. The summed E-state index contributed by atoms with van der Waals surface area (Å²) in [6.45, 7) is 6.20. The van der Waals surface area contributed by atoms with Crippen molar-refractivity contribution < 1.29 is 4.79 Å². The SMILES string of the molecule is CCN(CCNCC(=O)N1CC=C(C2=CC=C(Cl)C=CC2)CC1)c1cnccn1. The summed E-state index contributed by atoms with van der Waals surface area (Å²) >= 11 is 6.05. The second-order valence-corrected chi connectivity index (χ2v) is 7.43. The van der Waals surface area contributed by atoms with Gasteiger partial charge in [0.1, 0.15) is 5.82 Å². The van der Waals surface area contributed by atoms with Crippen LogP contribution in [0, 0.1) is 0 Å². The van der Waals surface area contributed by atoms with Gasteiger partial charge >= 0.3 is 0 Å². The normalized spacial score (nSPS) is 16.6. The first-order valence-corrected chi connectivity index (χ1v) is 10.5. The van der Waals surface area contributed by atoms with Gasteiger partial charge in [-0.05, 0) is 43.1 Å². The lowest BCUT2D eigenvalue weighted by atomic mass is 9.96. The lowest BCUT2D eigenvalue weighted by molar-refractivity contribution is -0.129. The summed E-state index contributed by atoms with van der Waals surface area (Å²) in [6, 6.07) is 0. The summed E-state index contributed by atoms with van der Waals surface area (Å²) in [7, 11) is 0. The average molecular weight is 414 g/mol. The van der Waals surface area contributed by atoms with Crippen LogP contribution in [0.4, 0.5) is 5.82 Å². The zero-order chi connectivity index (χ0) is 20.5. The molecule has 0 spiro atoms. The van der Waals surface area contributed by atoms with E-state index in [1.165, 1.54) is 11.1 Å². The van der Waals surface area contributed by atoms with E-state index in [4.69, 9.17) is 11.6 Å². The molecule has 0 saturated heterocycles. The molecule has 29 heavy (non-hydrogen) atoms. The number of hydrogen-bond donors (Lipinski definition) is 1. The number of nitrogens with zero attached hydrogens (tertiary/aromatic N) is 4. The average Bonchev–Trinajstić information content (AvgIpc) is 2.99. The lowest BCUT2D eigenvalue weighted by Crippen LogP contribution is -2.42. The van der Waals surface area contributed by atoms with Crippen LogP contribution in [0.2, 0.25) is 0 Å². The molecule has 2 aliphatic rings. The number of rotatable bonds is 8. The second-order valence-electron chi connectivity index (χ2n) is 6.99. The van der Waals surface area contributed by atoms with Gasteiger partial charge in [0.2, 0.25) is 5.91 Å². The summed E-state index contributed by atoms with van der Waals surface area (Å²) < 4.78 is 0. The summed E-state index contributed by atoms with van der Waals surface area (Å²) in [5, 5.41) is 4.01. The Labute approximate surface area is 177 Å². The summed E-state index contributed by atoms with van der Waals surface area (Å²) in [5.41, 5.74) is 2.60. The fraction of sp³-hybridized carbons (Fsp3) is 0.409. The predicted molar refractivity (Wildman–Crippen MR) is 118 cm³/mol. The molecule has 1 aliphatic heterocycles. The minimum Gasteiger partial charge on any atom is -0.354 e. The van der Waals surface area contributed by atoms with Crippen molar-refractivity contribution in [2.75, 3.05) is 44.2 Å². The number of anilines is 1. The van der Waals surface area contributed by atoms with Crippen LogP contribution in [-0.2, 0) is 4.79 Å². The molecular weight excluding hydrogens is 386 g/mol. The summed E-state index contributed by atoms with van der Waals surface area (Å²) in [4.78, 5) is 25.0. The van der Waals surface area contributed by atoms with Gasteiger partial charge in [0.05, 0.1) is 12.7 Å². The van der Waals surface area contributed by atoms with Gasteiger partial charge in [0, 0.05) is 50.1 Å². The zero-order valence-corrected chi connectivity index (χ0v) is 17.6. The molecule has 6 nitrogen and oxygen atoms in total. The third-order valence-corrected chi connectivity index (χ3v) is 5.37. The van der Waals surface area contributed by atoms with Gasteiger partial charge in [-0.2, -0.15) is 0 Å². The van der Waals surface area contributed by atoms with Crippen LogP contribution in [0.5, 0.6) is 0 Å². The molecule has 1 aromatic heterocycles. The van der Waals surface area contributed by atoms with E-state index >= 15 is 0 Å². The molecule has 0 atom stereocenters. The molecule has 2 heterocycles. The molecule has 154 valence electrons. The summed E-state index contributed by atoms with van der Waals surface area (Å²) in [5.74, 6) is 0.996. The third kappa shape index (κ3) is 6.27. The van der Waals surface area contributed by atoms with Gasteiger partial charge in [-0.15, -0.1) is 0 Å². The Hall–Kier alpha value is -2.44. The lowest BCUT2D eigenvalue weighted by Gasteiger charge is -2.28. The van der Waals surface area contributed by atoms with Crippen molar-refractivity contribution in [1.82, 2.24) is 20.2 Å². The first-order chi connectivity index (χ1) is 14.2. The molecular formula is C22H28ClN5O. The highest BCUT2D eigenvalue weighted by atomic mass is 35.5. The smallest absolute Gasteiger partial charge is 0.236 e. The minimum absolute atomic E-state index is 0.139. The number of allylic oxidation sites excluding steroid dienone is 6. The van der Waals surface area contributed by atoms with E-state index in [9.17, 15) is 4.79 Å². The first kappa shape index (κ1) is 21.3. The predicted octanol–water partition coefficient (Wildman–Crippen LogP) is 3.06. The van der Waals surface area contributed by atoms with Crippen LogP contribution in [0.3, 0.4) is 0 Å². The van der Waals surface area contributed by atoms with E-state index in [1.807, 2.05) is 17.1 Å². The summed E-state index contributed by atoms with van der Waals surface area (Å²) in [6.07, 6.45) is 17.1. The van der Waals surface area contributed by atoms with Crippen molar-refractivity contribution in [2.45, 2.75) is 19.8 Å². The van der Waals surface area contributed by atoms with Crippen LogP contribution in [-0.4, -0.2) is 60.0 Å². The second kappa shape index (κ2) is 10.9. The quantitative estimate of drug-likeness (QED) is 0.663. The van der Waals surface area contributed by atoms with E-state index in [0.717, 1.165) is 49.9 Å². The molecule has 1 N–H and O–H groups in total. The highest BCUT2D eigenvalue weighted by Gasteiger charge is 2.18. The van der Waals surface area contributed by atoms with Crippen molar-refractivity contribution in [3.8, 4) is 0 Å². The largest absolute Gasteiger partial charge is 0.354 e. The van der Waals surface area contributed by atoms with E-state index < -0.39 is 0 Å². The number of carbonyl (C=O) groups excluding carboxylic acids is 1. The Kier molecular flexibility index (Phi) is 8.02. The maximum atomic E-state index is 12.5. The standard InChI is InChI=1S/C22H28ClN5O/c1-2-27(21-16-24-10-11-26-21)15-12-25-17-22(29)28-13-8-19(9-14-28)18-4-3-5-20(23)7-6-18/h3,5-8,10-11,16,25H,2,4,9,12-15,17H2,1H3. The maximum Gasteiger partial charge on any atom is 0.236 e. The third-order valence-electron chi connectivity index (χ3n) is 5.12. The van der Waals surface area contributed by atoms with Crippen LogP contribution < -0.4 is 10.2 Å². The Balaban J connectivity index is 1.42.